The monoisotopic (exact) mass is 542 g/mol. The molecule has 0 amide bonds. The number of hydrogen-bond acceptors (Lipinski definition) is 4. The molecule has 0 fully saturated rings. The first kappa shape index (κ1) is 28.2. The molecule has 0 aliphatic carbocycles. The summed E-state index contributed by atoms with van der Waals surface area (Å²) in [5, 5.41) is 11.5. The van der Waals surface area contributed by atoms with Crippen LogP contribution < -0.4 is 10.1 Å². The largest absolute Gasteiger partial charge is 0.457 e. The number of aromatic nitrogens is 1. The number of halogens is 10. The number of aliphatic hydroxyl groups is 1. The minimum absolute atomic E-state index is 0.102. The Morgan fingerprint density at radius 1 is 0.838 bits per heavy atom. The number of rotatable bonds is 7. The fraction of sp³-hybridized carbons (Fsp3) is 0.261. The topological polar surface area (TPSA) is 54.4 Å². The van der Waals surface area contributed by atoms with Crippen LogP contribution in [0.4, 0.5) is 43.9 Å². The van der Waals surface area contributed by atoms with Crippen LogP contribution in [0.5, 0.6) is 11.5 Å². The molecule has 0 aliphatic rings. The second-order valence-corrected chi connectivity index (χ2v) is 7.68. The van der Waals surface area contributed by atoms with E-state index < -0.39 is 59.9 Å². The van der Waals surface area contributed by atoms with Crippen molar-refractivity contribution in [2.24, 2.45) is 0 Å². The van der Waals surface area contributed by atoms with Crippen LogP contribution in [0.1, 0.15) is 28.4 Å². The van der Waals surface area contributed by atoms with Gasteiger partial charge in [0.2, 0.25) is 0 Å². The second-order valence-electron chi connectivity index (χ2n) is 7.68. The third-order valence-corrected chi connectivity index (χ3v) is 4.98. The van der Waals surface area contributed by atoms with Crippen LogP contribution in [0, 0.1) is 5.82 Å². The average molecular weight is 542 g/mol. The summed E-state index contributed by atoms with van der Waals surface area (Å²) in [5.41, 5.74) is -3.34. The van der Waals surface area contributed by atoms with Crippen LogP contribution in [-0.4, -0.2) is 28.9 Å². The van der Waals surface area contributed by atoms with Gasteiger partial charge in [-0.3, -0.25) is 4.98 Å². The molecule has 1 heterocycles. The Labute approximate surface area is 202 Å². The summed E-state index contributed by atoms with van der Waals surface area (Å²) in [7, 11) is 0. The molecular weight excluding hydrogens is 526 g/mol. The third kappa shape index (κ3) is 7.32. The van der Waals surface area contributed by atoms with Crippen molar-refractivity contribution in [3.05, 3.63) is 89.0 Å². The fourth-order valence-corrected chi connectivity index (χ4v) is 3.22. The minimum Gasteiger partial charge on any atom is -0.457 e. The van der Waals surface area contributed by atoms with Crippen LogP contribution in [0.2, 0.25) is 0 Å². The molecule has 0 saturated heterocycles. The highest BCUT2D eigenvalue weighted by molar-refractivity contribution is 5.41. The molecule has 2 atom stereocenters. The number of nitrogens with one attached hydrogen (secondary N) is 1. The van der Waals surface area contributed by atoms with Gasteiger partial charge in [-0.25, -0.2) is 4.39 Å². The highest BCUT2D eigenvalue weighted by Gasteiger charge is 2.39. The Kier molecular flexibility index (Phi) is 8.03. The van der Waals surface area contributed by atoms with Crippen LogP contribution in [0.15, 0.2) is 60.8 Å². The lowest BCUT2D eigenvalue weighted by molar-refractivity contribution is -0.202. The van der Waals surface area contributed by atoms with Crippen molar-refractivity contribution >= 4 is 0 Å². The lowest BCUT2D eigenvalue weighted by Gasteiger charge is -2.24. The Balaban J connectivity index is 2.01. The molecule has 2 aromatic carbocycles. The molecule has 200 valence electrons. The molecule has 3 rings (SSSR count). The second kappa shape index (κ2) is 10.5. The van der Waals surface area contributed by atoms with Crippen LogP contribution in [0.3, 0.4) is 0 Å². The summed E-state index contributed by atoms with van der Waals surface area (Å²) < 4.78 is 137. The molecule has 2 unspecified atom stereocenters. The zero-order valence-corrected chi connectivity index (χ0v) is 18.2. The van der Waals surface area contributed by atoms with E-state index in [1.807, 2.05) is 0 Å². The first-order chi connectivity index (χ1) is 17.1. The van der Waals surface area contributed by atoms with Gasteiger partial charge in [0.05, 0.1) is 11.6 Å². The van der Waals surface area contributed by atoms with Gasteiger partial charge in [0, 0.05) is 24.4 Å². The molecular formula is C23H16F10N2O2. The number of ether oxygens (including phenoxy) is 1. The van der Waals surface area contributed by atoms with Crippen LogP contribution in [0.25, 0.3) is 0 Å². The predicted molar refractivity (Wildman–Crippen MR) is 109 cm³/mol. The molecule has 1 aromatic heterocycles. The van der Waals surface area contributed by atoms with E-state index in [4.69, 9.17) is 4.74 Å². The summed E-state index contributed by atoms with van der Waals surface area (Å²) in [6, 6.07) is 6.16. The van der Waals surface area contributed by atoms with E-state index in [1.165, 1.54) is 18.2 Å². The molecule has 37 heavy (non-hydrogen) atoms. The Hall–Kier alpha value is -3.39. The van der Waals surface area contributed by atoms with Crippen molar-refractivity contribution in [2.45, 2.75) is 30.7 Å². The molecule has 0 aliphatic heterocycles. The smallest absolute Gasteiger partial charge is 0.433 e. The molecule has 0 bridgehead atoms. The summed E-state index contributed by atoms with van der Waals surface area (Å²) in [5.74, 6) is -1.67. The standard InChI is InChI=1S/C23H16F10N2O2/c24-17-5-4-13(21(25,26)27)9-16(17)20(35-11-19(36)23(31,32)33)12-2-1-3-14(8-12)37-15-6-7-34-18(10-15)22(28,29)30/h1-10,19-20,35-36H,11H2. The van der Waals surface area contributed by atoms with Gasteiger partial charge in [-0.05, 0) is 42.0 Å². The average Bonchev–Trinajstić information content (AvgIpc) is 2.78. The molecule has 4 nitrogen and oxygen atoms in total. The maximum Gasteiger partial charge on any atom is 0.433 e. The molecule has 2 N–H and O–H groups in total. The highest BCUT2D eigenvalue weighted by atomic mass is 19.4. The van der Waals surface area contributed by atoms with Crippen LogP contribution >= 0.6 is 0 Å². The zero-order valence-electron chi connectivity index (χ0n) is 18.2. The third-order valence-electron chi connectivity index (χ3n) is 4.98. The normalized spacial score (nSPS) is 14.4. The highest BCUT2D eigenvalue weighted by Crippen LogP contribution is 2.36. The molecule has 0 spiro atoms. The van der Waals surface area contributed by atoms with Gasteiger partial charge in [-0.1, -0.05) is 12.1 Å². The number of aliphatic hydroxyl groups excluding tert-OH is 1. The van der Waals surface area contributed by atoms with Gasteiger partial charge in [0.25, 0.3) is 0 Å². The first-order valence-corrected chi connectivity index (χ1v) is 10.2. The minimum atomic E-state index is -5.08. The van der Waals surface area contributed by atoms with Gasteiger partial charge in [0.1, 0.15) is 23.0 Å². The summed E-state index contributed by atoms with van der Waals surface area (Å²) in [6.45, 7) is -1.21. The Morgan fingerprint density at radius 2 is 1.51 bits per heavy atom. The maximum absolute atomic E-state index is 14.6. The van der Waals surface area contributed by atoms with Crippen molar-refractivity contribution < 1.29 is 53.7 Å². The predicted octanol–water partition coefficient (Wildman–Crippen LogP) is 6.65. The van der Waals surface area contributed by atoms with Gasteiger partial charge in [0.15, 0.2) is 6.10 Å². The van der Waals surface area contributed by atoms with Crippen molar-refractivity contribution in [3.63, 3.8) is 0 Å². The number of nitrogens with zero attached hydrogens (tertiary/aromatic N) is 1. The summed E-state index contributed by atoms with van der Waals surface area (Å²) in [6.07, 6.45) is -16.9. The Morgan fingerprint density at radius 3 is 2.14 bits per heavy atom. The van der Waals surface area contributed by atoms with Gasteiger partial charge < -0.3 is 15.2 Å². The van der Waals surface area contributed by atoms with Crippen LogP contribution in [-0.2, 0) is 12.4 Å². The van der Waals surface area contributed by atoms with Crippen molar-refractivity contribution in [2.75, 3.05) is 6.54 Å². The number of benzene rings is 2. The lowest BCUT2D eigenvalue weighted by atomic mass is 9.95. The first-order valence-electron chi connectivity index (χ1n) is 10.2. The SMILES string of the molecule is OC(CNC(c1cccc(Oc2ccnc(C(F)(F)F)c2)c1)c1cc(C(F)(F)F)ccc1F)C(F)(F)F. The quantitative estimate of drug-likeness (QED) is 0.328. The summed E-state index contributed by atoms with van der Waals surface area (Å²) in [4.78, 5) is 3.17. The molecule has 14 heteroatoms. The summed E-state index contributed by atoms with van der Waals surface area (Å²) >= 11 is 0. The lowest BCUT2D eigenvalue weighted by Crippen LogP contribution is -2.40. The Bertz CT molecular complexity index is 1230. The number of pyridine rings is 1. The van der Waals surface area contributed by atoms with E-state index in [0.717, 1.165) is 18.3 Å². The molecule has 3 aromatic rings. The van der Waals surface area contributed by atoms with Gasteiger partial charge in [-0.2, -0.15) is 39.5 Å². The molecule has 0 saturated carbocycles. The van der Waals surface area contributed by atoms with Crippen molar-refractivity contribution in [3.8, 4) is 11.5 Å². The number of alkyl halides is 9. The van der Waals surface area contributed by atoms with Crippen molar-refractivity contribution in [1.29, 1.82) is 0 Å². The number of hydrogen-bond donors (Lipinski definition) is 2. The van der Waals surface area contributed by atoms with Crippen molar-refractivity contribution in [1.82, 2.24) is 10.3 Å². The van der Waals surface area contributed by atoms with Gasteiger partial charge >= 0.3 is 18.5 Å². The van der Waals surface area contributed by atoms with Gasteiger partial charge in [-0.15, -0.1) is 0 Å². The fourth-order valence-electron chi connectivity index (χ4n) is 3.22. The maximum atomic E-state index is 14.6. The van der Waals surface area contributed by atoms with E-state index in [1.54, 1.807) is 0 Å². The van der Waals surface area contributed by atoms with E-state index in [-0.39, 0.29) is 17.1 Å². The zero-order chi connectivity index (χ0) is 27.6. The van der Waals surface area contributed by atoms with E-state index in [2.05, 4.69) is 10.3 Å². The van der Waals surface area contributed by atoms with E-state index in [9.17, 15) is 49.0 Å². The van der Waals surface area contributed by atoms with E-state index in [0.29, 0.717) is 24.3 Å². The molecule has 0 radical (unpaired) electrons. The van der Waals surface area contributed by atoms with E-state index >= 15 is 0 Å².